The normalized spacial score (nSPS) is 13.5. The van der Waals surface area contributed by atoms with Crippen molar-refractivity contribution in [3.8, 4) is 0 Å². The summed E-state index contributed by atoms with van der Waals surface area (Å²) in [6.07, 6.45) is -5.25. The van der Waals surface area contributed by atoms with Gasteiger partial charge in [0.1, 0.15) is 6.67 Å². The molecule has 144 valence electrons. The van der Waals surface area contributed by atoms with Gasteiger partial charge < -0.3 is 0 Å². The van der Waals surface area contributed by atoms with Crippen LogP contribution in [-0.4, -0.2) is 41.2 Å². The molecule has 0 N–H and O–H groups in total. The van der Waals surface area contributed by atoms with Gasteiger partial charge in [0, 0.05) is 11.3 Å². The Kier molecular flexibility index (Phi) is 4.76. The minimum Gasteiger partial charge on any atom is -0.295 e. The van der Waals surface area contributed by atoms with E-state index in [1.807, 2.05) is 0 Å². The molecule has 0 saturated heterocycles. The van der Waals surface area contributed by atoms with E-state index in [1.165, 1.54) is 49.4 Å². The van der Waals surface area contributed by atoms with E-state index in [2.05, 4.69) is 0 Å². The third kappa shape index (κ3) is 3.38. The SMILES string of the molecule is CC(=O)c1cccc(N(CN2C(=O)c3ccccc3C2=O)C(=O)C(F)(F)F)c1. The number of ketones is 1. The van der Waals surface area contributed by atoms with E-state index >= 15 is 0 Å². The lowest BCUT2D eigenvalue weighted by molar-refractivity contribution is -0.170. The maximum atomic E-state index is 13.1. The fourth-order valence-electron chi connectivity index (χ4n) is 2.82. The number of hydrogen-bond donors (Lipinski definition) is 0. The molecule has 0 radical (unpaired) electrons. The van der Waals surface area contributed by atoms with E-state index in [4.69, 9.17) is 0 Å². The summed E-state index contributed by atoms with van der Waals surface area (Å²) in [6, 6.07) is 10.8. The molecule has 0 atom stereocenters. The Balaban J connectivity index is 2.01. The van der Waals surface area contributed by atoms with Crippen molar-refractivity contribution in [2.45, 2.75) is 13.1 Å². The Bertz CT molecular complexity index is 966. The van der Waals surface area contributed by atoms with Crippen molar-refractivity contribution in [3.05, 3.63) is 65.2 Å². The van der Waals surface area contributed by atoms with Crippen molar-refractivity contribution in [3.63, 3.8) is 0 Å². The van der Waals surface area contributed by atoms with Crippen LogP contribution in [0, 0.1) is 0 Å². The Morgan fingerprint density at radius 3 is 2.04 bits per heavy atom. The van der Waals surface area contributed by atoms with Crippen molar-refractivity contribution in [1.29, 1.82) is 0 Å². The van der Waals surface area contributed by atoms with Gasteiger partial charge in [-0.25, -0.2) is 0 Å². The first-order valence-electron chi connectivity index (χ1n) is 8.06. The third-order valence-electron chi connectivity index (χ3n) is 4.21. The molecule has 2 aromatic carbocycles. The zero-order chi connectivity index (χ0) is 20.6. The number of alkyl halides is 3. The molecule has 9 heteroatoms. The molecule has 0 saturated carbocycles. The van der Waals surface area contributed by atoms with Gasteiger partial charge in [0.2, 0.25) is 0 Å². The summed E-state index contributed by atoms with van der Waals surface area (Å²) >= 11 is 0. The molecule has 3 amide bonds. The third-order valence-corrected chi connectivity index (χ3v) is 4.21. The number of anilines is 1. The summed E-state index contributed by atoms with van der Waals surface area (Å²) in [5.74, 6) is -4.28. The smallest absolute Gasteiger partial charge is 0.295 e. The first-order valence-corrected chi connectivity index (χ1v) is 8.06. The summed E-state index contributed by atoms with van der Waals surface area (Å²) in [6.45, 7) is 0.283. The largest absolute Gasteiger partial charge is 0.471 e. The zero-order valence-corrected chi connectivity index (χ0v) is 14.5. The van der Waals surface area contributed by atoms with Gasteiger partial charge in [-0.1, -0.05) is 24.3 Å². The average Bonchev–Trinajstić information content (AvgIpc) is 2.89. The zero-order valence-electron chi connectivity index (χ0n) is 14.5. The monoisotopic (exact) mass is 390 g/mol. The standard InChI is InChI=1S/C19H13F3N2O4/c1-11(25)12-5-4-6-13(9-12)23(18(28)19(20,21)22)10-24-16(26)14-7-2-3-8-15(14)17(24)27/h2-9H,10H2,1H3. The number of benzene rings is 2. The highest BCUT2D eigenvalue weighted by molar-refractivity contribution is 6.21. The molecule has 0 aromatic heterocycles. The molecule has 2 aromatic rings. The van der Waals surface area contributed by atoms with Gasteiger partial charge in [-0.2, -0.15) is 13.2 Å². The summed E-state index contributed by atoms with van der Waals surface area (Å²) in [7, 11) is 0. The molecule has 1 aliphatic rings. The lowest BCUT2D eigenvalue weighted by Crippen LogP contribution is -2.49. The second-order valence-electron chi connectivity index (χ2n) is 6.06. The van der Waals surface area contributed by atoms with Crippen molar-refractivity contribution in [2.24, 2.45) is 0 Å². The Hall–Kier alpha value is -3.49. The fraction of sp³-hybridized carbons (Fsp3) is 0.158. The highest BCUT2D eigenvalue weighted by Gasteiger charge is 2.45. The minimum absolute atomic E-state index is 0.0457. The number of carbonyl (C=O) groups excluding carboxylic acids is 4. The molecular weight excluding hydrogens is 377 g/mol. The molecule has 0 aliphatic carbocycles. The number of fused-ring (bicyclic) bond motifs is 1. The van der Waals surface area contributed by atoms with Gasteiger partial charge >= 0.3 is 12.1 Å². The Morgan fingerprint density at radius 1 is 0.964 bits per heavy atom. The quantitative estimate of drug-likeness (QED) is 0.594. The molecule has 0 fully saturated rings. The molecule has 0 spiro atoms. The Labute approximate surface area is 157 Å². The van der Waals surface area contributed by atoms with Crippen molar-refractivity contribution in [1.82, 2.24) is 4.90 Å². The van der Waals surface area contributed by atoms with Crippen LogP contribution < -0.4 is 4.90 Å². The summed E-state index contributed by atoms with van der Waals surface area (Å²) in [5, 5.41) is 0. The number of imide groups is 1. The maximum Gasteiger partial charge on any atom is 0.471 e. The van der Waals surface area contributed by atoms with Crippen LogP contribution >= 0.6 is 0 Å². The number of amides is 3. The minimum atomic E-state index is -5.25. The lowest BCUT2D eigenvalue weighted by Gasteiger charge is -2.28. The predicted octanol–water partition coefficient (Wildman–Crippen LogP) is 3.04. The highest BCUT2D eigenvalue weighted by Crippen LogP contribution is 2.28. The number of carbonyl (C=O) groups is 4. The highest BCUT2D eigenvalue weighted by atomic mass is 19.4. The van der Waals surface area contributed by atoms with Crippen LogP contribution in [0.15, 0.2) is 48.5 Å². The maximum absolute atomic E-state index is 13.1. The fourth-order valence-corrected chi connectivity index (χ4v) is 2.82. The molecule has 6 nitrogen and oxygen atoms in total. The van der Waals surface area contributed by atoms with Crippen LogP contribution in [0.3, 0.4) is 0 Å². The molecule has 1 aliphatic heterocycles. The van der Waals surface area contributed by atoms with Crippen molar-refractivity contribution < 1.29 is 32.3 Å². The van der Waals surface area contributed by atoms with E-state index in [0.29, 0.717) is 4.90 Å². The number of Topliss-reactive ketones (excluding diaryl/α,β-unsaturated/α-hetero) is 1. The molecular formula is C19H13F3N2O4. The van der Waals surface area contributed by atoms with Gasteiger partial charge in [-0.3, -0.25) is 29.0 Å². The van der Waals surface area contributed by atoms with Crippen LogP contribution in [-0.2, 0) is 4.79 Å². The predicted molar refractivity (Wildman–Crippen MR) is 91.8 cm³/mol. The summed E-state index contributed by atoms with van der Waals surface area (Å²) < 4.78 is 39.4. The molecule has 0 bridgehead atoms. The van der Waals surface area contributed by atoms with E-state index in [1.54, 1.807) is 0 Å². The number of rotatable bonds is 4. The average molecular weight is 390 g/mol. The van der Waals surface area contributed by atoms with Crippen LogP contribution in [0.25, 0.3) is 0 Å². The number of nitrogens with zero attached hydrogens (tertiary/aromatic N) is 2. The molecule has 0 unspecified atom stereocenters. The van der Waals surface area contributed by atoms with Crippen LogP contribution in [0.4, 0.5) is 18.9 Å². The van der Waals surface area contributed by atoms with E-state index in [-0.39, 0.29) is 27.3 Å². The molecule has 1 heterocycles. The first-order chi connectivity index (χ1) is 13.1. The van der Waals surface area contributed by atoms with Gasteiger partial charge in [-0.15, -0.1) is 0 Å². The number of halogens is 3. The molecule has 28 heavy (non-hydrogen) atoms. The first kappa shape index (κ1) is 19.3. The van der Waals surface area contributed by atoms with Crippen molar-refractivity contribution >= 4 is 29.2 Å². The van der Waals surface area contributed by atoms with Gasteiger partial charge in [0.15, 0.2) is 5.78 Å². The van der Waals surface area contributed by atoms with Gasteiger partial charge in [0.05, 0.1) is 11.1 Å². The summed E-state index contributed by atoms with van der Waals surface area (Å²) in [4.78, 5) is 49.3. The number of hydrogen-bond acceptors (Lipinski definition) is 4. The second kappa shape index (κ2) is 6.91. The van der Waals surface area contributed by atoms with Crippen molar-refractivity contribution in [2.75, 3.05) is 11.6 Å². The van der Waals surface area contributed by atoms with Crippen LogP contribution in [0.1, 0.15) is 38.0 Å². The molecule has 3 rings (SSSR count). The Morgan fingerprint density at radius 2 is 1.54 bits per heavy atom. The van der Waals surface area contributed by atoms with Crippen LogP contribution in [0.5, 0.6) is 0 Å². The van der Waals surface area contributed by atoms with Crippen LogP contribution in [0.2, 0.25) is 0 Å². The van der Waals surface area contributed by atoms with Gasteiger partial charge in [-0.05, 0) is 31.2 Å². The van der Waals surface area contributed by atoms with E-state index in [0.717, 1.165) is 6.07 Å². The van der Waals surface area contributed by atoms with E-state index < -0.39 is 36.3 Å². The van der Waals surface area contributed by atoms with Gasteiger partial charge in [0.25, 0.3) is 11.8 Å². The topological polar surface area (TPSA) is 74.8 Å². The second-order valence-corrected chi connectivity index (χ2v) is 6.06. The summed E-state index contributed by atoms with van der Waals surface area (Å²) in [5.41, 5.74) is -0.0831. The lowest BCUT2D eigenvalue weighted by atomic mass is 10.1. The van der Waals surface area contributed by atoms with E-state index in [9.17, 15) is 32.3 Å².